The Morgan fingerprint density at radius 2 is 0.969 bits per heavy atom. The van der Waals surface area contributed by atoms with E-state index in [4.69, 9.17) is 20.7 Å². The summed E-state index contributed by atoms with van der Waals surface area (Å²) >= 11 is 0. The van der Waals surface area contributed by atoms with Crippen molar-refractivity contribution in [1.29, 1.82) is 10.5 Å². The maximum absolute atomic E-state index is 8.79. The molecule has 2 aromatic heterocycles. The van der Waals surface area contributed by atoms with E-state index < -0.39 is 0 Å². The van der Waals surface area contributed by atoms with Gasteiger partial charge in [-0.05, 0) is 84.6 Å². The van der Waals surface area contributed by atoms with Gasteiger partial charge in [0.05, 0.1) is 23.3 Å². The Bertz CT molecular complexity index is 1070. The van der Waals surface area contributed by atoms with Gasteiger partial charge in [0.25, 0.3) is 0 Å². The molecule has 0 fully saturated rings. The Kier molecular flexibility index (Phi) is 9.97. The van der Waals surface area contributed by atoms with Gasteiger partial charge < -0.3 is 10.2 Å². The number of nitrogens with zero attached hydrogens (tertiary/aromatic N) is 4. The standard InChI is InChI=1S/C12H12N2.2C7H5NO/c1(11-3-7-13-8-4-11)2-12-5-9-14-10-6-12;2*8-5-6-2-1-3-7(9)4-6/h3-10H,1-2H2;2*1-4,9H. The van der Waals surface area contributed by atoms with Crippen molar-refractivity contribution in [3.8, 4) is 23.6 Å². The van der Waals surface area contributed by atoms with E-state index in [-0.39, 0.29) is 11.5 Å². The monoisotopic (exact) mass is 422 g/mol. The Morgan fingerprint density at radius 3 is 1.25 bits per heavy atom. The summed E-state index contributed by atoms with van der Waals surface area (Å²) in [6.07, 6.45) is 9.46. The molecule has 2 aromatic carbocycles. The van der Waals surface area contributed by atoms with Crippen LogP contribution in [0.4, 0.5) is 0 Å². The predicted molar refractivity (Wildman–Crippen MR) is 122 cm³/mol. The predicted octanol–water partition coefficient (Wildman–Crippen LogP) is 4.79. The summed E-state index contributed by atoms with van der Waals surface area (Å²) in [5.74, 6) is 0.267. The molecule has 0 radical (unpaired) electrons. The van der Waals surface area contributed by atoms with E-state index in [0.717, 1.165) is 12.8 Å². The first-order valence-electron chi connectivity index (χ1n) is 9.77. The van der Waals surface area contributed by atoms with Crippen LogP contribution in [0.15, 0.2) is 97.6 Å². The number of aryl methyl sites for hydroxylation is 2. The Labute approximate surface area is 187 Å². The minimum atomic E-state index is 0.133. The topological polar surface area (TPSA) is 114 Å². The fourth-order valence-corrected chi connectivity index (χ4v) is 2.54. The average molecular weight is 422 g/mol. The van der Waals surface area contributed by atoms with Crippen LogP contribution < -0.4 is 0 Å². The number of aromatic nitrogens is 2. The van der Waals surface area contributed by atoms with Gasteiger partial charge in [0, 0.05) is 24.8 Å². The van der Waals surface area contributed by atoms with E-state index in [1.54, 1.807) is 24.3 Å². The molecule has 0 atom stereocenters. The van der Waals surface area contributed by atoms with E-state index in [0.29, 0.717) is 11.1 Å². The summed E-state index contributed by atoms with van der Waals surface area (Å²) < 4.78 is 0. The fraction of sp³-hybridized carbons (Fsp3) is 0.0769. The summed E-state index contributed by atoms with van der Waals surface area (Å²) in [5, 5.41) is 34.2. The van der Waals surface area contributed by atoms with Crippen molar-refractivity contribution in [1.82, 2.24) is 9.97 Å². The lowest BCUT2D eigenvalue weighted by Crippen LogP contribution is -1.91. The molecule has 0 aliphatic carbocycles. The van der Waals surface area contributed by atoms with Crippen LogP contribution in [-0.2, 0) is 12.8 Å². The zero-order valence-corrected chi connectivity index (χ0v) is 17.3. The molecule has 6 nitrogen and oxygen atoms in total. The number of nitriles is 2. The number of pyridine rings is 2. The molecular formula is C26H22N4O2. The van der Waals surface area contributed by atoms with Crippen molar-refractivity contribution in [2.45, 2.75) is 12.8 Å². The number of hydrogen-bond donors (Lipinski definition) is 2. The fourth-order valence-electron chi connectivity index (χ4n) is 2.54. The first-order valence-corrected chi connectivity index (χ1v) is 9.77. The zero-order valence-electron chi connectivity index (χ0n) is 17.3. The van der Waals surface area contributed by atoms with Gasteiger partial charge in [0.15, 0.2) is 0 Å². The van der Waals surface area contributed by atoms with Gasteiger partial charge in [0.1, 0.15) is 11.5 Å². The highest BCUT2D eigenvalue weighted by molar-refractivity contribution is 5.35. The number of rotatable bonds is 3. The molecule has 32 heavy (non-hydrogen) atoms. The zero-order chi connectivity index (χ0) is 23.0. The molecule has 0 bridgehead atoms. The van der Waals surface area contributed by atoms with Crippen LogP contribution in [0.25, 0.3) is 0 Å². The van der Waals surface area contributed by atoms with Gasteiger partial charge in [0.2, 0.25) is 0 Å². The third-order valence-electron chi connectivity index (χ3n) is 4.15. The Balaban J connectivity index is 0.000000178. The van der Waals surface area contributed by atoms with Crippen molar-refractivity contribution in [3.63, 3.8) is 0 Å². The molecule has 0 spiro atoms. The highest BCUT2D eigenvalue weighted by Crippen LogP contribution is 2.09. The van der Waals surface area contributed by atoms with Crippen LogP contribution in [0, 0.1) is 22.7 Å². The van der Waals surface area contributed by atoms with Gasteiger partial charge in [-0.1, -0.05) is 12.1 Å². The lowest BCUT2D eigenvalue weighted by Gasteiger charge is -2.00. The molecule has 4 rings (SSSR count). The van der Waals surface area contributed by atoms with Crippen LogP contribution in [0.1, 0.15) is 22.3 Å². The van der Waals surface area contributed by atoms with Gasteiger partial charge in [-0.3, -0.25) is 9.97 Å². The summed E-state index contributed by atoms with van der Waals surface area (Å²) in [4.78, 5) is 7.98. The summed E-state index contributed by atoms with van der Waals surface area (Å²) in [7, 11) is 0. The first-order chi connectivity index (χ1) is 15.6. The maximum Gasteiger partial charge on any atom is 0.116 e. The van der Waals surface area contributed by atoms with E-state index in [2.05, 4.69) is 34.2 Å². The van der Waals surface area contributed by atoms with E-state index in [9.17, 15) is 0 Å². The summed E-state index contributed by atoms with van der Waals surface area (Å²) in [5.41, 5.74) is 3.62. The summed E-state index contributed by atoms with van der Waals surface area (Å²) in [6.45, 7) is 0. The molecule has 2 N–H and O–H groups in total. The van der Waals surface area contributed by atoms with E-state index in [1.165, 1.54) is 35.4 Å². The number of aromatic hydroxyl groups is 2. The van der Waals surface area contributed by atoms with Crippen molar-refractivity contribution in [2.75, 3.05) is 0 Å². The molecule has 4 aromatic rings. The third kappa shape index (κ3) is 9.21. The summed E-state index contributed by atoms with van der Waals surface area (Å²) in [6, 6.07) is 24.5. The Hall–Kier alpha value is -4.68. The molecule has 0 saturated heterocycles. The van der Waals surface area contributed by atoms with Crippen LogP contribution in [-0.4, -0.2) is 20.2 Å². The lowest BCUT2D eigenvalue weighted by atomic mass is 10.1. The Morgan fingerprint density at radius 1 is 0.594 bits per heavy atom. The largest absolute Gasteiger partial charge is 0.508 e. The van der Waals surface area contributed by atoms with Crippen LogP contribution in [0.5, 0.6) is 11.5 Å². The molecule has 0 aliphatic rings. The minimum absolute atomic E-state index is 0.133. The second-order valence-electron chi connectivity index (χ2n) is 6.54. The smallest absolute Gasteiger partial charge is 0.116 e. The molecule has 0 aliphatic heterocycles. The molecule has 2 heterocycles. The number of phenols is 2. The minimum Gasteiger partial charge on any atom is -0.508 e. The molecule has 6 heteroatoms. The molecular weight excluding hydrogens is 400 g/mol. The molecule has 0 unspecified atom stereocenters. The second kappa shape index (κ2) is 13.5. The van der Waals surface area contributed by atoms with Gasteiger partial charge in [-0.2, -0.15) is 10.5 Å². The SMILES string of the molecule is N#Cc1cccc(O)c1.N#Cc1cccc(O)c1.c1cc(CCc2ccncc2)ccn1. The highest BCUT2D eigenvalue weighted by atomic mass is 16.3. The van der Waals surface area contributed by atoms with E-state index >= 15 is 0 Å². The molecule has 0 saturated carbocycles. The van der Waals surface area contributed by atoms with Crippen molar-refractivity contribution < 1.29 is 10.2 Å². The number of hydrogen-bond acceptors (Lipinski definition) is 6. The van der Waals surface area contributed by atoms with Gasteiger partial charge in [-0.25, -0.2) is 0 Å². The number of phenolic OH excluding ortho intramolecular Hbond substituents is 2. The maximum atomic E-state index is 8.79. The van der Waals surface area contributed by atoms with Gasteiger partial charge >= 0.3 is 0 Å². The second-order valence-corrected chi connectivity index (χ2v) is 6.54. The van der Waals surface area contributed by atoms with Crippen LogP contribution in [0.2, 0.25) is 0 Å². The van der Waals surface area contributed by atoms with Crippen molar-refractivity contribution >= 4 is 0 Å². The first kappa shape index (κ1) is 23.6. The normalized spacial score (nSPS) is 9.06. The highest BCUT2D eigenvalue weighted by Gasteiger charge is 1.94. The quantitative estimate of drug-likeness (QED) is 0.491. The van der Waals surface area contributed by atoms with E-state index in [1.807, 2.05) is 36.9 Å². The third-order valence-corrected chi connectivity index (χ3v) is 4.15. The molecule has 158 valence electrons. The average Bonchev–Trinajstić information content (AvgIpc) is 2.85. The lowest BCUT2D eigenvalue weighted by molar-refractivity contribution is 0.474. The van der Waals surface area contributed by atoms with Crippen molar-refractivity contribution in [2.24, 2.45) is 0 Å². The van der Waals surface area contributed by atoms with Crippen molar-refractivity contribution in [3.05, 3.63) is 120 Å². The molecule has 0 amide bonds. The van der Waals surface area contributed by atoms with Gasteiger partial charge in [-0.15, -0.1) is 0 Å². The van der Waals surface area contributed by atoms with Crippen LogP contribution in [0.3, 0.4) is 0 Å². The number of benzene rings is 2. The van der Waals surface area contributed by atoms with Crippen LogP contribution >= 0.6 is 0 Å².